The second-order valence-corrected chi connectivity index (χ2v) is 5.96. The van der Waals surface area contributed by atoms with Gasteiger partial charge in [0.05, 0.1) is 5.92 Å². The second kappa shape index (κ2) is 6.31. The molecule has 0 saturated carbocycles. The predicted octanol–water partition coefficient (Wildman–Crippen LogP) is 2.07. The van der Waals surface area contributed by atoms with Gasteiger partial charge in [-0.1, -0.05) is 19.0 Å². The zero-order chi connectivity index (χ0) is 16.4. The molecule has 2 aromatic heterocycles. The molecule has 0 aromatic carbocycles. The van der Waals surface area contributed by atoms with Crippen LogP contribution in [0.25, 0.3) is 0 Å². The zero-order valence-electron chi connectivity index (χ0n) is 13.1. The maximum Gasteiger partial charge on any atom is 0.358 e. The van der Waals surface area contributed by atoms with Gasteiger partial charge in [-0.2, -0.15) is 4.98 Å². The number of hydrogen-bond acceptors (Lipinski definition) is 7. The van der Waals surface area contributed by atoms with Crippen LogP contribution in [0.4, 0.5) is 5.82 Å². The van der Waals surface area contributed by atoms with Gasteiger partial charge < -0.3 is 14.5 Å². The number of anilines is 1. The van der Waals surface area contributed by atoms with Crippen molar-refractivity contribution >= 4 is 11.8 Å². The van der Waals surface area contributed by atoms with Gasteiger partial charge in [0.1, 0.15) is 0 Å². The molecular formula is C15H19N5O3. The van der Waals surface area contributed by atoms with Crippen LogP contribution in [-0.2, 0) is 0 Å². The Morgan fingerprint density at radius 1 is 1.39 bits per heavy atom. The summed E-state index contributed by atoms with van der Waals surface area (Å²) in [5, 5.41) is 13.3. The molecule has 2 aromatic rings. The van der Waals surface area contributed by atoms with Crippen molar-refractivity contribution in [3.8, 4) is 0 Å². The fourth-order valence-electron chi connectivity index (χ4n) is 2.73. The van der Waals surface area contributed by atoms with Gasteiger partial charge in [0.15, 0.2) is 17.3 Å². The molecule has 1 unspecified atom stereocenters. The normalized spacial score (nSPS) is 18.4. The summed E-state index contributed by atoms with van der Waals surface area (Å²) in [5.41, 5.74) is -0.0263. The van der Waals surface area contributed by atoms with Crippen molar-refractivity contribution in [1.82, 2.24) is 20.1 Å². The van der Waals surface area contributed by atoms with E-state index >= 15 is 0 Å². The highest BCUT2D eigenvalue weighted by atomic mass is 16.5. The highest BCUT2D eigenvalue weighted by molar-refractivity contribution is 5.90. The van der Waals surface area contributed by atoms with Gasteiger partial charge in [0, 0.05) is 31.4 Å². The summed E-state index contributed by atoms with van der Waals surface area (Å²) in [6.07, 6.45) is 4.73. The lowest BCUT2D eigenvalue weighted by Gasteiger charge is -2.32. The Morgan fingerprint density at radius 2 is 2.17 bits per heavy atom. The lowest BCUT2D eigenvalue weighted by Crippen LogP contribution is -2.36. The van der Waals surface area contributed by atoms with Crippen molar-refractivity contribution in [2.75, 3.05) is 18.0 Å². The molecule has 3 rings (SSSR count). The van der Waals surface area contributed by atoms with Crippen LogP contribution in [0, 0.1) is 0 Å². The molecule has 8 nitrogen and oxygen atoms in total. The molecule has 3 heterocycles. The lowest BCUT2D eigenvalue weighted by atomic mass is 9.97. The quantitative estimate of drug-likeness (QED) is 0.913. The number of nitrogens with zero attached hydrogens (tertiary/aromatic N) is 5. The summed E-state index contributed by atoms with van der Waals surface area (Å²) >= 11 is 0. The summed E-state index contributed by atoms with van der Waals surface area (Å²) < 4.78 is 5.39. The first-order valence-electron chi connectivity index (χ1n) is 7.69. The number of carboxylic acid groups (broad SMARTS) is 1. The average Bonchev–Trinajstić information content (AvgIpc) is 3.05. The Morgan fingerprint density at radius 3 is 2.87 bits per heavy atom. The van der Waals surface area contributed by atoms with Crippen molar-refractivity contribution in [3.05, 3.63) is 29.8 Å². The summed E-state index contributed by atoms with van der Waals surface area (Å²) in [5.74, 6) is 0.920. The topological polar surface area (TPSA) is 105 Å². The van der Waals surface area contributed by atoms with E-state index in [-0.39, 0.29) is 17.5 Å². The smallest absolute Gasteiger partial charge is 0.358 e. The van der Waals surface area contributed by atoms with Crippen molar-refractivity contribution in [3.63, 3.8) is 0 Å². The van der Waals surface area contributed by atoms with E-state index in [0.29, 0.717) is 24.1 Å². The average molecular weight is 317 g/mol. The largest absolute Gasteiger partial charge is 0.476 e. The van der Waals surface area contributed by atoms with Gasteiger partial charge in [0.25, 0.3) is 0 Å². The van der Waals surface area contributed by atoms with Crippen LogP contribution in [0.1, 0.15) is 60.7 Å². The van der Waals surface area contributed by atoms with E-state index < -0.39 is 5.97 Å². The fourth-order valence-corrected chi connectivity index (χ4v) is 2.73. The van der Waals surface area contributed by atoms with Crippen LogP contribution >= 0.6 is 0 Å². The summed E-state index contributed by atoms with van der Waals surface area (Å²) in [6.45, 7) is 5.36. The number of hydrogen-bond donors (Lipinski definition) is 1. The van der Waals surface area contributed by atoms with Crippen molar-refractivity contribution in [2.24, 2.45) is 0 Å². The first-order chi connectivity index (χ1) is 11.1. The third kappa shape index (κ3) is 3.15. The van der Waals surface area contributed by atoms with Crippen LogP contribution < -0.4 is 4.90 Å². The monoisotopic (exact) mass is 317 g/mol. The molecule has 0 radical (unpaired) electrons. The SMILES string of the molecule is CC(C)c1noc(C2CCCN(c3nccnc3C(=O)O)C2)n1. The number of aromatic carboxylic acids is 1. The van der Waals surface area contributed by atoms with E-state index in [1.165, 1.54) is 12.4 Å². The van der Waals surface area contributed by atoms with Gasteiger partial charge in [0.2, 0.25) is 5.89 Å². The molecule has 1 aliphatic rings. The van der Waals surface area contributed by atoms with Crippen LogP contribution in [-0.4, -0.2) is 44.3 Å². The number of carbonyl (C=O) groups is 1. The third-order valence-electron chi connectivity index (χ3n) is 3.93. The summed E-state index contributed by atoms with van der Waals surface area (Å²) in [6, 6.07) is 0. The number of rotatable bonds is 4. The van der Waals surface area contributed by atoms with Crippen LogP contribution in [0.3, 0.4) is 0 Å². The first-order valence-corrected chi connectivity index (χ1v) is 7.69. The molecule has 8 heteroatoms. The van der Waals surface area contributed by atoms with Gasteiger partial charge in [-0.25, -0.2) is 14.8 Å². The molecule has 1 atom stereocenters. The van der Waals surface area contributed by atoms with Gasteiger partial charge in [-0.15, -0.1) is 0 Å². The predicted molar refractivity (Wildman–Crippen MR) is 81.6 cm³/mol. The standard InChI is InChI=1S/C15H19N5O3/c1-9(2)12-18-14(23-19-12)10-4-3-7-20(8-10)13-11(15(21)22)16-5-6-17-13/h5-6,9-10H,3-4,7-8H2,1-2H3,(H,21,22). The van der Waals surface area contributed by atoms with Crippen molar-refractivity contribution in [2.45, 2.75) is 38.5 Å². The molecular weight excluding hydrogens is 298 g/mol. The molecule has 1 saturated heterocycles. The molecule has 23 heavy (non-hydrogen) atoms. The van der Waals surface area contributed by atoms with E-state index in [0.717, 1.165) is 19.4 Å². The molecule has 122 valence electrons. The van der Waals surface area contributed by atoms with E-state index in [9.17, 15) is 9.90 Å². The van der Waals surface area contributed by atoms with E-state index in [1.807, 2.05) is 18.7 Å². The van der Waals surface area contributed by atoms with Crippen LogP contribution in [0.2, 0.25) is 0 Å². The maximum absolute atomic E-state index is 11.3. The maximum atomic E-state index is 11.3. The summed E-state index contributed by atoms with van der Waals surface area (Å²) in [7, 11) is 0. The van der Waals surface area contributed by atoms with Crippen LogP contribution in [0.5, 0.6) is 0 Å². The number of aromatic nitrogens is 4. The molecule has 0 aliphatic carbocycles. The summed E-state index contributed by atoms with van der Waals surface area (Å²) in [4.78, 5) is 25.8. The Hall–Kier alpha value is -2.51. The molecule has 0 amide bonds. The van der Waals surface area contributed by atoms with Crippen LogP contribution in [0.15, 0.2) is 16.9 Å². The number of carboxylic acids is 1. The van der Waals surface area contributed by atoms with Crippen molar-refractivity contribution < 1.29 is 14.4 Å². The Kier molecular flexibility index (Phi) is 4.22. The van der Waals surface area contributed by atoms with Gasteiger partial charge in [-0.3, -0.25) is 0 Å². The first kappa shape index (κ1) is 15.4. The zero-order valence-corrected chi connectivity index (χ0v) is 13.1. The highest BCUT2D eigenvalue weighted by Gasteiger charge is 2.29. The molecule has 0 spiro atoms. The molecule has 0 bridgehead atoms. The minimum absolute atomic E-state index is 0.0263. The Bertz CT molecular complexity index is 700. The van der Waals surface area contributed by atoms with E-state index in [1.54, 1.807) is 0 Å². The molecule has 1 N–H and O–H groups in total. The Balaban J connectivity index is 1.82. The minimum atomic E-state index is -1.07. The van der Waals surface area contributed by atoms with E-state index in [2.05, 4.69) is 20.1 Å². The number of piperidine rings is 1. The second-order valence-electron chi connectivity index (χ2n) is 5.96. The van der Waals surface area contributed by atoms with E-state index in [4.69, 9.17) is 4.52 Å². The highest BCUT2D eigenvalue weighted by Crippen LogP contribution is 2.29. The Labute approximate surface area is 133 Å². The van der Waals surface area contributed by atoms with Gasteiger partial charge in [-0.05, 0) is 12.8 Å². The minimum Gasteiger partial charge on any atom is -0.476 e. The fraction of sp³-hybridized carbons (Fsp3) is 0.533. The van der Waals surface area contributed by atoms with Gasteiger partial charge >= 0.3 is 5.97 Å². The van der Waals surface area contributed by atoms with Crippen molar-refractivity contribution in [1.29, 1.82) is 0 Å². The third-order valence-corrected chi connectivity index (χ3v) is 3.93. The lowest BCUT2D eigenvalue weighted by molar-refractivity contribution is 0.0690. The molecule has 1 aliphatic heterocycles. The molecule has 1 fully saturated rings.